The van der Waals surface area contributed by atoms with Crippen LogP contribution in [0.4, 0.5) is 0 Å². The zero-order chi connectivity index (χ0) is 6.69. The molecule has 1 aromatic rings. The Hall–Kier alpha value is -0.500. The molecule has 0 aliphatic carbocycles. The minimum absolute atomic E-state index is 0. The van der Waals surface area contributed by atoms with Gasteiger partial charge in [0.25, 0.3) is 0 Å². The molecule has 0 saturated carbocycles. The van der Waals surface area contributed by atoms with Crippen LogP contribution in [0.15, 0.2) is 10.6 Å². The first kappa shape index (κ1) is 9.50. The minimum atomic E-state index is 0. The highest BCUT2D eigenvalue weighted by molar-refractivity contribution is 5.85. The summed E-state index contributed by atoms with van der Waals surface area (Å²) in [7, 11) is 0. The third-order valence-electron chi connectivity index (χ3n) is 1.18. The summed E-state index contributed by atoms with van der Waals surface area (Å²) in [5.41, 5.74) is 1.06. The van der Waals surface area contributed by atoms with E-state index in [0.29, 0.717) is 0 Å². The van der Waals surface area contributed by atoms with Crippen molar-refractivity contribution in [2.45, 2.75) is 26.7 Å². The largest absolute Gasteiger partial charge is 0.361 e. The molecule has 0 spiro atoms. The fourth-order valence-electron chi connectivity index (χ4n) is 0.792. The molecule has 58 valence electrons. The van der Waals surface area contributed by atoms with Gasteiger partial charge in [0.2, 0.25) is 0 Å². The monoisotopic (exact) mass is 161 g/mol. The van der Waals surface area contributed by atoms with Crippen LogP contribution in [0.5, 0.6) is 0 Å². The van der Waals surface area contributed by atoms with E-state index in [9.17, 15) is 0 Å². The predicted octanol–water partition coefficient (Wildman–Crippen LogP) is 2.36. The van der Waals surface area contributed by atoms with Gasteiger partial charge in [-0.1, -0.05) is 18.5 Å². The van der Waals surface area contributed by atoms with Crippen LogP contribution < -0.4 is 0 Å². The average Bonchev–Trinajstić information content (AvgIpc) is 2.17. The summed E-state index contributed by atoms with van der Waals surface area (Å²) in [6.07, 6.45) is 2.16. The molecule has 1 aromatic heterocycles. The second kappa shape index (κ2) is 4.34. The van der Waals surface area contributed by atoms with Crippen LogP contribution in [-0.2, 0) is 6.42 Å². The van der Waals surface area contributed by atoms with Gasteiger partial charge < -0.3 is 4.52 Å². The molecule has 0 radical (unpaired) electrons. The first-order valence-electron chi connectivity index (χ1n) is 3.25. The first-order chi connectivity index (χ1) is 4.33. The van der Waals surface area contributed by atoms with Crippen molar-refractivity contribution in [3.63, 3.8) is 0 Å². The molecule has 0 unspecified atom stereocenters. The van der Waals surface area contributed by atoms with E-state index in [1.54, 1.807) is 0 Å². The maximum absolute atomic E-state index is 4.87. The number of rotatable bonds is 2. The predicted molar refractivity (Wildman–Crippen MR) is 42.5 cm³/mol. The number of hydrogen-bond acceptors (Lipinski definition) is 2. The lowest BCUT2D eigenvalue weighted by atomic mass is 10.2. The van der Waals surface area contributed by atoms with E-state index in [4.69, 9.17) is 4.52 Å². The molecule has 0 atom stereocenters. The Bertz CT molecular complexity index is 185. The van der Waals surface area contributed by atoms with Crippen LogP contribution in [0.25, 0.3) is 0 Å². The molecule has 0 N–H and O–H groups in total. The van der Waals surface area contributed by atoms with Crippen molar-refractivity contribution in [1.29, 1.82) is 0 Å². The quantitative estimate of drug-likeness (QED) is 0.666. The molecule has 2 nitrogen and oxygen atoms in total. The van der Waals surface area contributed by atoms with E-state index in [2.05, 4.69) is 12.1 Å². The summed E-state index contributed by atoms with van der Waals surface area (Å²) in [6.45, 7) is 4.04. The van der Waals surface area contributed by atoms with Crippen LogP contribution in [0, 0.1) is 6.92 Å². The molecule has 1 rings (SSSR count). The molecule has 0 saturated heterocycles. The number of aryl methyl sites for hydroxylation is 2. The SMILES string of the molecule is CCCc1cc(C)on1.Cl. The van der Waals surface area contributed by atoms with Crippen molar-refractivity contribution in [2.24, 2.45) is 0 Å². The van der Waals surface area contributed by atoms with Crippen LogP contribution in [-0.4, -0.2) is 5.16 Å². The number of nitrogens with zero attached hydrogens (tertiary/aromatic N) is 1. The van der Waals surface area contributed by atoms with Gasteiger partial charge in [0.1, 0.15) is 5.76 Å². The van der Waals surface area contributed by atoms with Gasteiger partial charge in [0.05, 0.1) is 5.69 Å². The fraction of sp³-hybridized carbons (Fsp3) is 0.571. The number of hydrogen-bond donors (Lipinski definition) is 0. The Morgan fingerprint density at radius 2 is 2.30 bits per heavy atom. The molecule has 1 heterocycles. The van der Waals surface area contributed by atoms with E-state index in [1.165, 1.54) is 0 Å². The lowest BCUT2D eigenvalue weighted by Gasteiger charge is -1.82. The zero-order valence-corrected chi connectivity index (χ0v) is 7.07. The Kier molecular flexibility index (Phi) is 4.12. The van der Waals surface area contributed by atoms with Gasteiger partial charge in [-0.05, 0) is 13.3 Å². The lowest BCUT2D eigenvalue weighted by molar-refractivity contribution is 0.390. The summed E-state index contributed by atoms with van der Waals surface area (Å²) >= 11 is 0. The van der Waals surface area contributed by atoms with Gasteiger partial charge in [-0.3, -0.25) is 0 Å². The highest BCUT2D eigenvalue weighted by atomic mass is 35.5. The van der Waals surface area contributed by atoms with Crippen molar-refractivity contribution in [3.8, 4) is 0 Å². The van der Waals surface area contributed by atoms with Crippen LogP contribution in [0.3, 0.4) is 0 Å². The molecule has 10 heavy (non-hydrogen) atoms. The topological polar surface area (TPSA) is 26.0 Å². The second-order valence-electron chi connectivity index (χ2n) is 2.18. The van der Waals surface area contributed by atoms with E-state index < -0.39 is 0 Å². The Labute approximate surface area is 67.0 Å². The fourth-order valence-corrected chi connectivity index (χ4v) is 0.792. The molecule has 0 aliphatic rings. The van der Waals surface area contributed by atoms with Crippen LogP contribution in [0.2, 0.25) is 0 Å². The average molecular weight is 162 g/mol. The summed E-state index contributed by atoms with van der Waals surface area (Å²) in [4.78, 5) is 0. The van der Waals surface area contributed by atoms with E-state index in [0.717, 1.165) is 24.3 Å². The van der Waals surface area contributed by atoms with E-state index >= 15 is 0 Å². The van der Waals surface area contributed by atoms with Gasteiger partial charge in [0.15, 0.2) is 0 Å². The molecule has 3 heteroatoms. The standard InChI is InChI=1S/C7H11NO.ClH/c1-3-4-7-5-6(2)9-8-7;/h5H,3-4H2,1-2H3;1H. The molecule has 0 amide bonds. The maximum atomic E-state index is 4.87. The van der Waals surface area contributed by atoms with Crippen molar-refractivity contribution in [1.82, 2.24) is 5.16 Å². The highest BCUT2D eigenvalue weighted by Crippen LogP contribution is 2.02. The summed E-state index contributed by atoms with van der Waals surface area (Å²) in [6, 6.07) is 1.98. The molecule has 0 bridgehead atoms. The number of halogens is 1. The van der Waals surface area contributed by atoms with E-state index in [1.807, 2.05) is 13.0 Å². The summed E-state index contributed by atoms with van der Waals surface area (Å²) < 4.78 is 4.87. The van der Waals surface area contributed by atoms with Gasteiger partial charge in [-0.15, -0.1) is 12.4 Å². The van der Waals surface area contributed by atoms with Crippen LogP contribution in [0.1, 0.15) is 24.8 Å². The van der Waals surface area contributed by atoms with Gasteiger partial charge in [-0.25, -0.2) is 0 Å². The third kappa shape index (κ3) is 2.40. The highest BCUT2D eigenvalue weighted by Gasteiger charge is 1.95. The van der Waals surface area contributed by atoms with Gasteiger partial charge >= 0.3 is 0 Å². The maximum Gasteiger partial charge on any atom is 0.133 e. The van der Waals surface area contributed by atoms with Crippen molar-refractivity contribution in [3.05, 3.63) is 17.5 Å². The zero-order valence-electron chi connectivity index (χ0n) is 6.26. The smallest absolute Gasteiger partial charge is 0.133 e. The first-order valence-corrected chi connectivity index (χ1v) is 3.25. The Morgan fingerprint density at radius 1 is 1.60 bits per heavy atom. The summed E-state index contributed by atoms with van der Waals surface area (Å²) in [5.74, 6) is 0.901. The van der Waals surface area contributed by atoms with Gasteiger partial charge in [0, 0.05) is 6.07 Å². The second-order valence-corrected chi connectivity index (χ2v) is 2.18. The third-order valence-corrected chi connectivity index (χ3v) is 1.18. The van der Waals surface area contributed by atoms with Crippen molar-refractivity contribution < 1.29 is 4.52 Å². The molecular formula is C7H12ClNO. The number of aromatic nitrogens is 1. The van der Waals surface area contributed by atoms with Gasteiger partial charge in [-0.2, -0.15) is 0 Å². The van der Waals surface area contributed by atoms with Crippen molar-refractivity contribution in [2.75, 3.05) is 0 Å². The van der Waals surface area contributed by atoms with Crippen molar-refractivity contribution >= 4 is 12.4 Å². The normalized spacial score (nSPS) is 9.00. The minimum Gasteiger partial charge on any atom is -0.361 e. The summed E-state index contributed by atoms with van der Waals surface area (Å²) in [5, 5.41) is 3.83. The molecule has 0 aromatic carbocycles. The Morgan fingerprint density at radius 3 is 2.70 bits per heavy atom. The molecule has 0 fully saturated rings. The van der Waals surface area contributed by atoms with Crippen LogP contribution >= 0.6 is 12.4 Å². The van der Waals surface area contributed by atoms with E-state index in [-0.39, 0.29) is 12.4 Å². The molecule has 0 aliphatic heterocycles. The lowest BCUT2D eigenvalue weighted by Crippen LogP contribution is -1.79. The molecular weight excluding hydrogens is 150 g/mol. The Balaban J connectivity index is 0.000000810.